The van der Waals surface area contributed by atoms with Crippen molar-refractivity contribution >= 4 is 17.7 Å². The van der Waals surface area contributed by atoms with Crippen LogP contribution in [0.2, 0.25) is 0 Å². The molecule has 2 heterocycles. The minimum atomic E-state index is -0.544. The van der Waals surface area contributed by atoms with Crippen LogP contribution in [0, 0.1) is 0 Å². The molecule has 6 heteroatoms. The Bertz CT molecular complexity index is 986. The van der Waals surface area contributed by atoms with Gasteiger partial charge in [0, 0.05) is 24.8 Å². The van der Waals surface area contributed by atoms with Gasteiger partial charge in [-0.15, -0.1) is 0 Å². The van der Waals surface area contributed by atoms with Crippen molar-refractivity contribution in [3.05, 3.63) is 58.9 Å². The van der Waals surface area contributed by atoms with Crippen molar-refractivity contribution in [2.45, 2.75) is 71.9 Å². The van der Waals surface area contributed by atoms with Gasteiger partial charge in [0.05, 0.1) is 11.9 Å². The first-order chi connectivity index (χ1) is 14.3. The van der Waals surface area contributed by atoms with Crippen molar-refractivity contribution in [2.24, 2.45) is 0 Å². The Morgan fingerprint density at radius 3 is 2.45 bits per heavy atom. The molecule has 0 bridgehead atoms. The van der Waals surface area contributed by atoms with E-state index in [0.717, 1.165) is 16.7 Å². The van der Waals surface area contributed by atoms with Crippen LogP contribution in [0.1, 0.15) is 81.4 Å². The van der Waals surface area contributed by atoms with Gasteiger partial charge in [0.1, 0.15) is 5.60 Å². The monoisotopic (exact) mass is 423 g/mol. The van der Waals surface area contributed by atoms with Crippen molar-refractivity contribution in [1.29, 1.82) is 0 Å². The summed E-state index contributed by atoms with van der Waals surface area (Å²) in [7, 11) is 0. The quantitative estimate of drug-likeness (QED) is 0.694. The number of ether oxygens (including phenoxy) is 1. The topological polar surface area (TPSA) is 71.5 Å². The average Bonchev–Trinajstić information content (AvgIpc) is 2.65. The Kier molecular flexibility index (Phi) is 6.12. The first-order valence-corrected chi connectivity index (χ1v) is 10.7. The zero-order valence-electron chi connectivity index (χ0n) is 19.6. The Morgan fingerprint density at radius 2 is 1.81 bits per heavy atom. The van der Waals surface area contributed by atoms with Gasteiger partial charge in [0.2, 0.25) is 0 Å². The Labute approximate surface area is 185 Å². The number of aromatic nitrogens is 1. The van der Waals surface area contributed by atoms with E-state index >= 15 is 0 Å². The van der Waals surface area contributed by atoms with E-state index in [1.807, 2.05) is 51.2 Å². The molecule has 0 saturated carbocycles. The number of pyridine rings is 1. The molecule has 1 unspecified atom stereocenters. The summed E-state index contributed by atoms with van der Waals surface area (Å²) in [6.45, 7) is 15.0. The fourth-order valence-corrected chi connectivity index (χ4v) is 3.65. The van der Waals surface area contributed by atoms with E-state index in [9.17, 15) is 9.59 Å². The summed E-state index contributed by atoms with van der Waals surface area (Å²) in [6, 6.07) is 7.66. The van der Waals surface area contributed by atoms with Crippen LogP contribution in [0.3, 0.4) is 0 Å². The molecular formula is C25H33N3O3. The third kappa shape index (κ3) is 5.63. The average molecular weight is 424 g/mol. The van der Waals surface area contributed by atoms with Gasteiger partial charge < -0.3 is 15.0 Å². The standard InChI is InChI=1S/C25H33N3O3/c1-16-14-28(23(30)31-25(5,6)7)15-18-10-17(8-9-21(16)18)22(29)27-20-11-19(12-26-13-20)24(2,3)4/h8-13,16H,14-15H2,1-7H3,(H,27,29). The summed E-state index contributed by atoms with van der Waals surface area (Å²) in [5.74, 6) is -0.0289. The molecule has 6 nitrogen and oxygen atoms in total. The highest BCUT2D eigenvalue weighted by Gasteiger charge is 2.29. The van der Waals surface area contributed by atoms with E-state index < -0.39 is 5.60 Å². The molecule has 1 N–H and O–H groups in total. The summed E-state index contributed by atoms with van der Waals surface area (Å²) in [6.07, 6.45) is 3.14. The summed E-state index contributed by atoms with van der Waals surface area (Å²) in [5.41, 5.74) is 3.81. The molecule has 1 aliphatic heterocycles. The lowest BCUT2D eigenvalue weighted by Gasteiger charge is -2.34. The predicted molar refractivity (Wildman–Crippen MR) is 122 cm³/mol. The molecule has 1 atom stereocenters. The molecule has 1 aromatic heterocycles. The highest BCUT2D eigenvalue weighted by atomic mass is 16.6. The van der Waals surface area contributed by atoms with Gasteiger partial charge in [-0.3, -0.25) is 9.78 Å². The molecule has 166 valence electrons. The lowest BCUT2D eigenvalue weighted by atomic mass is 9.88. The highest BCUT2D eigenvalue weighted by Crippen LogP contribution is 2.30. The Hall–Kier alpha value is -2.89. The number of rotatable bonds is 2. The SMILES string of the molecule is CC1CN(C(=O)OC(C)(C)C)Cc2cc(C(=O)Nc3cncc(C(C)(C)C)c3)ccc21. The number of nitrogens with one attached hydrogen (secondary N) is 1. The number of amides is 2. The van der Waals surface area contributed by atoms with Gasteiger partial charge in [0.25, 0.3) is 5.91 Å². The van der Waals surface area contributed by atoms with Gasteiger partial charge in [0.15, 0.2) is 0 Å². The van der Waals surface area contributed by atoms with Crippen molar-refractivity contribution in [1.82, 2.24) is 9.88 Å². The van der Waals surface area contributed by atoms with Crippen LogP contribution >= 0.6 is 0 Å². The number of hydrogen-bond acceptors (Lipinski definition) is 4. The number of anilines is 1. The maximum absolute atomic E-state index is 12.9. The maximum atomic E-state index is 12.9. The van der Waals surface area contributed by atoms with E-state index in [2.05, 4.69) is 38.0 Å². The largest absolute Gasteiger partial charge is 0.444 e. The van der Waals surface area contributed by atoms with E-state index in [-0.39, 0.29) is 23.3 Å². The van der Waals surface area contributed by atoms with Crippen LogP contribution in [0.25, 0.3) is 0 Å². The van der Waals surface area contributed by atoms with E-state index in [0.29, 0.717) is 24.3 Å². The highest BCUT2D eigenvalue weighted by molar-refractivity contribution is 6.04. The fraction of sp³-hybridized carbons (Fsp3) is 0.480. The molecule has 1 aliphatic rings. The molecule has 2 aromatic rings. The third-order valence-electron chi connectivity index (χ3n) is 5.31. The van der Waals surface area contributed by atoms with Gasteiger partial charge in [-0.2, -0.15) is 0 Å². The van der Waals surface area contributed by atoms with E-state index in [1.165, 1.54) is 0 Å². The molecule has 0 fully saturated rings. The van der Waals surface area contributed by atoms with E-state index in [4.69, 9.17) is 4.74 Å². The molecule has 3 rings (SSSR count). The lowest BCUT2D eigenvalue weighted by Crippen LogP contribution is -2.41. The number of carbonyl (C=O) groups is 2. The van der Waals surface area contributed by atoms with Crippen LogP contribution in [-0.4, -0.2) is 34.0 Å². The minimum Gasteiger partial charge on any atom is -0.444 e. The van der Waals surface area contributed by atoms with Crippen molar-refractivity contribution in [2.75, 3.05) is 11.9 Å². The predicted octanol–water partition coefficient (Wildman–Crippen LogP) is 5.49. The van der Waals surface area contributed by atoms with Crippen LogP contribution in [0.4, 0.5) is 10.5 Å². The molecule has 1 aromatic carbocycles. The number of nitrogens with zero attached hydrogens (tertiary/aromatic N) is 2. The summed E-state index contributed by atoms with van der Waals surface area (Å²) in [5, 5.41) is 2.95. The fourth-order valence-electron chi connectivity index (χ4n) is 3.65. The first kappa shape index (κ1) is 22.8. The van der Waals surface area contributed by atoms with Crippen molar-refractivity contribution in [3.8, 4) is 0 Å². The van der Waals surface area contributed by atoms with Crippen molar-refractivity contribution < 1.29 is 14.3 Å². The Balaban J connectivity index is 1.79. The Morgan fingerprint density at radius 1 is 1.10 bits per heavy atom. The molecule has 2 amide bonds. The molecule has 31 heavy (non-hydrogen) atoms. The molecular weight excluding hydrogens is 390 g/mol. The van der Waals surface area contributed by atoms with Gasteiger partial charge >= 0.3 is 6.09 Å². The van der Waals surface area contributed by atoms with E-state index in [1.54, 1.807) is 11.1 Å². The second-order valence-corrected chi connectivity index (χ2v) is 10.3. The summed E-state index contributed by atoms with van der Waals surface area (Å²) < 4.78 is 5.54. The van der Waals surface area contributed by atoms with Gasteiger partial charge in [-0.1, -0.05) is 33.8 Å². The van der Waals surface area contributed by atoms with Crippen LogP contribution in [-0.2, 0) is 16.7 Å². The molecule has 0 spiro atoms. The van der Waals surface area contributed by atoms with Gasteiger partial charge in [-0.25, -0.2) is 4.79 Å². The van der Waals surface area contributed by atoms with Gasteiger partial charge in [-0.05, 0) is 67.0 Å². The zero-order valence-corrected chi connectivity index (χ0v) is 19.6. The molecule has 0 radical (unpaired) electrons. The maximum Gasteiger partial charge on any atom is 0.410 e. The zero-order chi connectivity index (χ0) is 23.0. The normalized spacial score (nSPS) is 16.5. The number of fused-ring (bicyclic) bond motifs is 1. The second-order valence-electron chi connectivity index (χ2n) is 10.3. The molecule has 0 saturated heterocycles. The lowest BCUT2D eigenvalue weighted by molar-refractivity contribution is 0.0209. The summed E-state index contributed by atoms with van der Waals surface area (Å²) >= 11 is 0. The van der Waals surface area contributed by atoms with Crippen LogP contribution < -0.4 is 5.32 Å². The third-order valence-corrected chi connectivity index (χ3v) is 5.31. The number of carbonyl (C=O) groups excluding carboxylic acids is 2. The number of benzene rings is 1. The smallest absolute Gasteiger partial charge is 0.410 e. The van der Waals surface area contributed by atoms with Crippen LogP contribution in [0.15, 0.2) is 36.7 Å². The first-order valence-electron chi connectivity index (χ1n) is 10.7. The van der Waals surface area contributed by atoms with Crippen molar-refractivity contribution in [3.63, 3.8) is 0 Å². The van der Waals surface area contributed by atoms with Crippen LogP contribution in [0.5, 0.6) is 0 Å². The summed E-state index contributed by atoms with van der Waals surface area (Å²) in [4.78, 5) is 31.4. The molecule has 0 aliphatic carbocycles. The minimum absolute atomic E-state index is 0.0547. The second kappa shape index (κ2) is 8.33. The number of hydrogen-bond donors (Lipinski definition) is 1.